The van der Waals surface area contributed by atoms with Crippen LogP contribution in [0.1, 0.15) is 21.8 Å². The van der Waals surface area contributed by atoms with Crippen LogP contribution < -0.4 is 10.1 Å². The van der Waals surface area contributed by atoms with Gasteiger partial charge in [0.05, 0.1) is 18.5 Å². The number of rotatable bonds is 4. The molecular formula is C20H18N4O3. The molecule has 0 unspecified atom stereocenters. The molecule has 1 N–H and O–H groups in total. The fraction of sp³-hybridized carbons (Fsp3) is 0.150. The van der Waals surface area contributed by atoms with Gasteiger partial charge in [-0.15, -0.1) is 0 Å². The SMILES string of the molecule is COc1ccc(-c2cn3cccc(C)c3n2)cc1NC(=O)c1cc(C)on1. The number of aromatic nitrogens is 3. The molecule has 0 aliphatic rings. The van der Waals surface area contributed by atoms with Crippen LogP contribution in [-0.2, 0) is 0 Å². The van der Waals surface area contributed by atoms with E-state index in [1.165, 1.54) is 0 Å². The Morgan fingerprint density at radius 2 is 2.07 bits per heavy atom. The standard InChI is InChI=1S/C20H18N4O3/c1-12-5-4-8-24-11-17(21-19(12)24)14-6-7-18(26-3)15(10-14)22-20(25)16-9-13(2)27-23-16/h4-11H,1-3H3,(H,22,25). The maximum absolute atomic E-state index is 12.4. The van der Waals surface area contributed by atoms with Gasteiger partial charge >= 0.3 is 0 Å². The molecule has 0 spiro atoms. The van der Waals surface area contributed by atoms with Gasteiger partial charge in [-0.2, -0.15) is 0 Å². The summed E-state index contributed by atoms with van der Waals surface area (Å²) in [6.45, 7) is 3.75. The third-order valence-electron chi connectivity index (χ3n) is 4.28. The molecule has 0 atom stereocenters. The number of pyridine rings is 1. The van der Waals surface area contributed by atoms with Crippen LogP contribution in [0.5, 0.6) is 5.75 Å². The van der Waals surface area contributed by atoms with Crippen molar-refractivity contribution in [1.82, 2.24) is 14.5 Å². The molecule has 7 heteroatoms. The van der Waals surface area contributed by atoms with Gasteiger partial charge in [-0.1, -0.05) is 11.2 Å². The number of aryl methyl sites for hydroxylation is 2. The average molecular weight is 362 g/mol. The summed E-state index contributed by atoms with van der Waals surface area (Å²) in [5.41, 5.74) is 4.40. The Bertz CT molecular complexity index is 1140. The molecular weight excluding hydrogens is 344 g/mol. The van der Waals surface area contributed by atoms with Gasteiger partial charge in [0.2, 0.25) is 0 Å². The number of imidazole rings is 1. The largest absolute Gasteiger partial charge is 0.495 e. The number of methoxy groups -OCH3 is 1. The Labute approximate surface area is 155 Å². The van der Waals surface area contributed by atoms with Crippen molar-refractivity contribution in [2.24, 2.45) is 0 Å². The molecule has 0 saturated heterocycles. The van der Waals surface area contributed by atoms with E-state index in [4.69, 9.17) is 14.2 Å². The lowest BCUT2D eigenvalue weighted by molar-refractivity contribution is 0.101. The lowest BCUT2D eigenvalue weighted by Crippen LogP contribution is -2.13. The summed E-state index contributed by atoms with van der Waals surface area (Å²) < 4.78 is 12.3. The van der Waals surface area contributed by atoms with Crippen molar-refractivity contribution < 1.29 is 14.1 Å². The highest BCUT2D eigenvalue weighted by molar-refractivity contribution is 6.04. The van der Waals surface area contributed by atoms with Crippen molar-refractivity contribution in [3.05, 3.63) is 65.8 Å². The van der Waals surface area contributed by atoms with Crippen LogP contribution in [0.3, 0.4) is 0 Å². The first kappa shape index (κ1) is 16.8. The Morgan fingerprint density at radius 1 is 1.22 bits per heavy atom. The molecule has 136 valence electrons. The monoisotopic (exact) mass is 362 g/mol. The zero-order valence-electron chi connectivity index (χ0n) is 15.2. The summed E-state index contributed by atoms with van der Waals surface area (Å²) in [6.07, 6.45) is 3.91. The Morgan fingerprint density at radius 3 is 2.78 bits per heavy atom. The average Bonchev–Trinajstić information content (AvgIpc) is 3.29. The highest BCUT2D eigenvalue weighted by Gasteiger charge is 2.15. The second-order valence-electron chi connectivity index (χ2n) is 6.24. The lowest BCUT2D eigenvalue weighted by atomic mass is 10.1. The summed E-state index contributed by atoms with van der Waals surface area (Å²) >= 11 is 0. The second-order valence-corrected chi connectivity index (χ2v) is 6.24. The number of nitrogens with one attached hydrogen (secondary N) is 1. The first-order valence-electron chi connectivity index (χ1n) is 8.42. The number of anilines is 1. The number of amides is 1. The number of fused-ring (bicyclic) bond motifs is 1. The molecule has 0 aliphatic heterocycles. The lowest BCUT2D eigenvalue weighted by Gasteiger charge is -2.10. The number of hydrogen-bond donors (Lipinski definition) is 1. The normalized spacial score (nSPS) is 10.9. The van der Waals surface area contributed by atoms with Crippen molar-refractivity contribution in [2.45, 2.75) is 13.8 Å². The van der Waals surface area contributed by atoms with Gasteiger partial charge in [-0.25, -0.2) is 4.98 Å². The van der Waals surface area contributed by atoms with Gasteiger partial charge in [0.25, 0.3) is 5.91 Å². The summed E-state index contributed by atoms with van der Waals surface area (Å²) in [5.74, 6) is 0.751. The topological polar surface area (TPSA) is 81.7 Å². The van der Waals surface area contributed by atoms with E-state index in [9.17, 15) is 4.79 Å². The van der Waals surface area contributed by atoms with Crippen molar-refractivity contribution >= 4 is 17.2 Å². The second kappa shape index (κ2) is 6.60. The van der Waals surface area contributed by atoms with E-state index in [1.54, 1.807) is 26.2 Å². The molecule has 3 aromatic heterocycles. The molecule has 7 nitrogen and oxygen atoms in total. The van der Waals surface area contributed by atoms with Crippen molar-refractivity contribution in [3.63, 3.8) is 0 Å². The number of ether oxygens (including phenoxy) is 1. The molecule has 0 radical (unpaired) electrons. The number of carbonyl (C=O) groups is 1. The Hall–Kier alpha value is -3.61. The fourth-order valence-corrected chi connectivity index (χ4v) is 2.92. The Balaban J connectivity index is 1.71. The van der Waals surface area contributed by atoms with Crippen molar-refractivity contribution in [1.29, 1.82) is 0 Å². The van der Waals surface area contributed by atoms with E-state index in [-0.39, 0.29) is 11.6 Å². The maximum atomic E-state index is 12.4. The number of nitrogens with zero attached hydrogens (tertiary/aromatic N) is 3. The molecule has 0 bridgehead atoms. The van der Waals surface area contributed by atoms with Crippen molar-refractivity contribution in [2.75, 3.05) is 12.4 Å². The molecule has 0 fully saturated rings. The van der Waals surface area contributed by atoms with Crippen LogP contribution in [0.15, 0.2) is 53.3 Å². The van der Waals surface area contributed by atoms with Crippen LogP contribution in [0.2, 0.25) is 0 Å². The van der Waals surface area contributed by atoms with Gasteiger partial charge < -0.3 is 19.0 Å². The third kappa shape index (κ3) is 3.15. The van der Waals surface area contributed by atoms with E-state index in [1.807, 2.05) is 48.0 Å². The number of benzene rings is 1. The van der Waals surface area contributed by atoms with E-state index >= 15 is 0 Å². The smallest absolute Gasteiger partial charge is 0.277 e. The predicted molar refractivity (Wildman–Crippen MR) is 101 cm³/mol. The van der Waals surface area contributed by atoms with Crippen LogP contribution >= 0.6 is 0 Å². The number of hydrogen-bond acceptors (Lipinski definition) is 5. The molecule has 4 rings (SSSR count). The summed E-state index contributed by atoms with van der Waals surface area (Å²) in [5, 5.41) is 6.57. The minimum Gasteiger partial charge on any atom is -0.495 e. The molecule has 27 heavy (non-hydrogen) atoms. The van der Waals surface area contributed by atoms with Crippen LogP contribution in [0.25, 0.3) is 16.9 Å². The molecule has 4 aromatic rings. The molecule has 0 aliphatic carbocycles. The first-order valence-corrected chi connectivity index (χ1v) is 8.42. The highest BCUT2D eigenvalue weighted by Crippen LogP contribution is 2.31. The molecule has 1 amide bonds. The van der Waals surface area contributed by atoms with Crippen LogP contribution in [0.4, 0.5) is 5.69 Å². The molecule has 3 heterocycles. The maximum Gasteiger partial charge on any atom is 0.277 e. The van der Waals surface area contributed by atoms with Crippen LogP contribution in [-0.4, -0.2) is 27.6 Å². The summed E-state index contributed by atoms with van der Waals surface area (Å²) in [4.78, 5) is 17.1. The van der Waals surface area contributed by atoms with Gasteiger partial charge in [-0.05, 0) is 43.7 Å². The fourth-order valence-electron chi connectivity index (χ4n) is 2.92. The quantitative estimate of drug-likeness (QED) is 0.596. The van der Waals surface area contributed by atoms with E-state index in [2.05, 4.69) is 10.5 Å². The predicted octanol–water partition coefficient (Wildman–Crippen LogP) is 3.87. The number of carbonyl (C=O) groups excluding carboxylic acids is 1. The van der Waals surface area contributed by atoms with Gasteiger partial charge in [-0.3, -0.25) is 4.79 Å². The van der Waals surface area contributed by atoms with Gasteiger partial charge in [0.1, 0.15) is 17.2 Å². The summed E-state index contributed by atoms with van der Waals surface area (Å²) in [7, 11) is 1.55. The highest BCUT2D eigenvalue weighted by atomic mass is 16.5. The minimum absolute atomic E-state index is 0.211. The van der Waals surface area contributed by atoms with Crippen molar-refractivity contribution in [3.8, 4) is 17.0 Å². The van der Waals surface area contributed by atoms with Gasteiger partial charge in [0, 0.05) is 24.0 Å². The van der Waals surface area contributed by atoms with E-state index in [0.29, 0.717) is 17.2 Å². The zero-order valence-corrected chi connectivity index (χ0v) is 15.2. The summed E-state index contributed by atoms with van der Waals surface area (Å²) in [6, 6.07) is 11.1. The molecule has 1 aromatic carbocycles. The zero-order chi connectivity index (χ0) is 19.0. The Kier molecular flexibility index (Phi) is 4.12. The first-order chi connectivity index (χ1) is 13.0. The van der Waals surface area contributed by atoms with E-state index < -0.39 is 0 Å². The molecule has 0 saturated carbocycles. The van der Waals surface area contributed by atoms with E-state index in [0.717, 1.165) is 22.5 Å². The minimum atomic E-state index is -0.367. The van der Waals surface area contributed by atoms with Gasteiger partial charge in [0.15, 0.2) is 5.69 Å². The van der Waals surface area contributed by atoms with Crippen LogP contribution in [0, 0.1) is 13.8 Å². The third-order valence-corrected chi connectivity index (χ3v) is 4.28.